The van der Waals surface area contributed by atoms with Crippen LogP contribution in [-0.4, -0.2) is 83.7 Å². The van der Waals surface area contributed by atoms with Crippen LogP contribution in [0.1, 0.15) is 19.3 Å². The van der Waals surface area contributed by atoms with E-state index >= 15 is 0 Å². The average Bonchev–Trinajstić information content (AvgIpc) is 2.55. The van der Waals surface area contributed by atoms with Crippen molar-refractivity contribution in [3.63, 3.8) is 0 Å². The van der Waals surface area contributed by atoms with Crippen molar-refractivity contribution in [2.75, 3.05) is 72.9 Å². The maximum absolute atomic E-state index is 5.83. The number of unbranched alkanes of at least 4 members (excludes halogenated alkanes) is 1. The minimum Gasteiger partial charge on any atom is -0.382 e. The fraction of sp³-hybridized carbons (Fsp3) is 0.933. The molecule has 1 aliphatic heterocycles. The van der Waals surface area contributed by atoms with E-state index in [-0.39, 0.29) is 24.0 Å². The monoisotopic (exact) mass is 444 g/mol. The Bertz CT molecular complexity index is 290. The number of rotatable bonds is 12. The second-order valence-corrected chi connectivity index (χ2v) is 5.31. The number of halogens is 1. The van der Waals surface area contributed by atoms with Gasteiger partial charge in [0.15, 0.2) is 5.96 Å². The van der Waals surface area contributed by atoms with Crippen LogP contribution in [0.2, 0.25) is 0 Å². The first-order valence-electron chi connectivity index (χ1n) is 8.23. The number of hydrogen-bond donors (Lipinski definition) is 2. The van der Waals surface area contributed by atoms with Crippen LogP contribution >= 0.6 is 24.0 Å². The largest absolute Gasteiger partial charge is 0.382 e. The highest BCUT2D eigenvalue weighted by molar-refractivity contribution is 14.0. The molecule has 1 heterocycles. The van der Waals surface area contributed by atoms with Crippen LogP contribution in [-0.2, 0) is 14.2 Å². The molecule has 1 saturated heterocycles. The molecule has 0 unspecified atom stereocenters. The topological polar surface area (TPSA) is 81.3 Å². The second-order valence-electron chi connectivity index (χ2n) is 5.31. The van der Waals surface area contributed by atoms with Crippen molar-refractivity contribution < 1.29 is 14.2 Å². The molecule has 0 aromatic heterocycles. The highest BCUT2D eigenvalue weighted by Gasteiger charge is 2.08. The number of ether oxygens (including phenoxy) is 3. The van der Waals surface area contributed by atoms with Gasteiger partial charge in [0.05, 0.1) is 26.4 Å². The molecule has 1 fully saturated rings. The zero-order chi connectivity index (χ0) is 15.9. The fourth-order valence-electron chi connectivity index (χ4n) is 2.16. The minimum atomic E-state index is 0. The normalized spacial score (nSPS) is 16.1. The van der Waals surface area contributed by atoms with Crippen LogP contribution in [0.25, 0.3) is 0 Å². The van der Waals surface area contributed by atoms with Gasteiger partial charge in [0.2, 0.25) is 0 Å². The molecule has 1 aliphatic rings. The summed E-state index contributed by atoms with van der Waals surface area (Å²) in [4.78, 5) is 6.75. The molecule has 0 aliphatic carbocycles. The van der Waals surface area contributed by atoms with Gasteiger partial charge in [0, 0.05) is 46.4 Å². The van der Waals surface area contributed by atoms with E-state index in [1.807, 2.05) is 0 Å². The smallest absolute Gasteiger partial charge is 0.188 e. The highest BCUT2D eigenvalue weighted by atomic mass is 127. The molecule has 0 bridgehead atoms. The first-order chi connectivity index (χ1) is 10.8. The third kappa shape index (κ3) is 13.9. The summed E-state index contributed by atoms with van der Waals surface area (Å²) >= 11 is 0. The summed E-state index contributed by atoms with van der Waals surface area (Å²) in [6.07, 6.45) is 3.08. The van der Waals surface area contributed by atoms with E-state index in [0.717, 1.165) is 71.8 Å². The fourth-order valence-corrected chi connectivity index (χ4v) is 2.16. The van der Waals surface area contributed by atoms with Crippen molar-refractivity contribution in [1.82, 2.24) is 10.2 Å². The Morgan fingerprint density at radius 3 is 2.70 bits per heavy atom. The molecule has 138 valence electrons. The number of morpholine rings is 1. The summed E-state index contributed by atoms with van der Waals surface area (Å²) in [7, 11) is 1.68. The Morgan fingerprint density at radius 2 is 1.96 bits per heavy atom. The van der Waals surface area contributed by atoms with E-state index in [1.54, 1.807) is 7.11 Å². The summed E-state index contributed by atoms with van der Waals surface area (Å²) in [6, 6.07) is 0. The summed E-state index contributed by atoms with van der Waals surface area (Å²) in [5.41, 5.74) is 5.83. The zero-order valence-electron chi connectivity index (χ0n) is 14.3. The molecule has 0 spiro atoms. The molecule has 0 saturated carbocycles. The Kier molecular flexibility index (Phi) is 16.6. The van der Waals surface area contributed by atoms with E-state index < -0.39 is 0 Å². The lowest BCUT2D eigenvalue weighted by atomic mass is 10.3. The lowest BCUT2D eigenvalue weighted by Gasteiger charge is -2.26. The Balaban J connectivity index is 0.00000484. The second kappa shape index (κ2) is 16.7. The third-order valence-corrected chi connectivity index (χ3v) is 3.47. The van der Waals surface area contributed by atoms with Crippen LogP contribution in [0.15, 0.2) is 4.99 Å². The van der Waals surface area contributed by atoms with Crippen LogP contribution in [0.3, 0.4) is 0 Å². The molecule has 0 radical (unpaired) electrons. The Labute approximate surface area is 157 Å². The number of methoxy groups -OCH3 is 1. The molecule has 23 heavy (non-hydrogen) atoms. The van der Waals surface area contributed by atoms with Gasteiger partial charge in [0.1, 0.15) is 0 Å². The van der Waals surface area contributed by atoms with Crippen LogP contribution in [0.5, 0.6) is 0 Å². The van der Waals surface area contributed by atoms with Gasteiger partial charge in [-0.15, -0.1) is 24.0 Å². The van der Waals surface area contributed by atoms with E-state index in [0.29, 0.717) is 19.2 Å². The average molecular weight is 444 g/mol. The molecule has 0 aromatic rings. The molecule has 1 rings (SSSR count). The quantitative estimate of drug-likeness (QED) is 0.199. The van der Waals surface area contributed by atoms with Crippen molar-refractivity contribution in [3.05, 3.63) is 0 Å². The van der Waals surface area contributed by atoms with E-state index in [4.69, 9.17) is 19.9 Å². The van der Waals surface area contributed by atoms with Gasteiger partial charge >= 0.3 is 0 Å². The predicted octanol–water partition coefficient (Wildman–Crippen LogP) is 0.674. The molecule has 0 amide bonds. The van der Waals surface area contributed by atoms with Gasteiger partial charge < -0.3 is 25.3 Å². The molecule has 0 aromatic carbocycles. The number of hydrogen-bond acceptors (Lipinski definition) is 5. The minimum absolute atomic E-state index is 0. The maximum Gasteiger partial charge on any atom is 0.188 e. The Hall–Kier alpha value is -0.160. The summed E-state index contributed by atoms with van der Waals surface area (Å²) in [6.45, 7) is 8.53. The molecule has 3 N–H and O–H groups in total. The van der Waals surface area contributed by atoms with Gasteiger partial charge in [-0.2, -0.15) is 0 Å². The van der Waals surface area contributed by atoms with E-state index in [9.17, 15) is 0 Å². The van der Waals surface area contributed by atoms with E-state index in [1.165, 1.54) is 0 Å². The molecule has 7 nitrogen and oxygen atoms in total. The van der Waals surface area contributed by atoms with Crippen molar-refractivity contribution in [2.45, 2.75) is 19.3 Å². The summed E-state index contributed by atoms with van der Waals surface area (Å²) in [5, 5.41) is 3.14. The zero-order valence-corrected chi connectivity index (χ0v) is 16.6. The summed E-state index contributed by atoms with van der Waals surface area (Å²) < 4.78 is 15.6. The number of nitrogens with two attached hydrogens (primary N) is 1. The first-order valence-corrected chi connectivity index (χ1v) is 8.23. The Morgan fingerprint density at radius 1 is 1.17 bits per heavy atom. The van der Waals surface area contributed by atoms with Gasteiger partial charge in [-0.25, -0.2) is 0 Å². The van der Waals surface area contributed by atoms with E-state index in [2.05, 4.69) is 15.2 Å². The van der Waals surface area contributed by atoms with Crippen LogP contribution < -0.4 is 11.1 Å². The number of nitrogens with zero attached hydrogens (tertiary/aromatic N) is 2. The number of guanidine groups is 1. The van der Waals surface area contributed by atoms with Gasteiger partial charge in [-0.3, -0.25) is 9.89 Å². The maximum atomic E-state index is 5.83. The number of aliphatic imine (C=N–C) groups is 1. The SMILES string of the molecule is COCCOCCCCNC(N)=NCCCN1CCOCC1.I. The molecular formula is C15H33IN4O3. The predicted molar refractivity (Wildman–Crippen MR) is 104 cm³/mol. The van der Waals surface area contributed by atoms with Crippen molar-refractivity contribution >= 4 is 29.9 Å². The number of nitrogens with one attached hydrogen (secondary N) is 1. The standard InChI is InChI=1S/C15H32N4O3.HI/c1-20-13-14-21-10-3-2-5-17-15(16)18-6-4-7-19-8-11-22-12-9-19;/h2-14H2,1H3,(H3,16,17,18);1H. The van der Waals surface area contributed by atoms with Crippen molar-refractivity contribution in [3.8, 4) is 0 Å². The lowest BCUT2D eigenvalue weighted by Crippen LogP contribution is -2.37. The molecular weight excluding hydrogens is 411 g/mol. The van der Waals surface area contributed by atoms with Gasteiger partial charge in [-0.1, -0.05) is 0 Å². The van der Waals surface area contributed by atoms with Gasteiger partial charge in [0.25, 0.3) is 0 Å². The summed E-state index contributed by atoms with van der Waals surface area (Å²) in [5.74, 6) is 0.544. The first kappa shape index (κ1) is 22.8. The van der Waals surface area contributed by atoms with Crippen molar-refractivity contribution in [2.24, 2.45) is 10.7 Å². The van der Waals surface area contributed by atoms with Gasteiger partial charge in [-0.05, 0) is 19.3 Å². The van der Waals surface area contributed by atoms with Crippen LogP contribution in [0.4, 0.5) is 0 Å². The highest BCUT2D eigenvalue weighted by Crippen LogP contribution is 1.97. The molecule has 0 atom stereocenters. The van der Waals surface area contributed by atoms with Crippen LogP contribution in [0, 0.1) is 0 Å². The lowest BCUT2D eigenvalue weighted by molar-refractivity contribution is 0.0377. The van der Waals surface area contributed by atoms with Crippen molar-refractivity contribution in [1.29, 1.82) is 0 Å². The third-order valence-electron chi connectivity index (χ3n) is 3.47. The molecule has 8 heteroatoms.